The molecule has 1 saturated heterocycles. The molecule has 1 heterocycles. The first-order valence-corrected chi connectivity index (χ1v) is 22.4. The van der Waals surface area contributed by atoms with Gasteiger partial charge in [-0.1, -0.05) is 77.5 Å². The predicted molar refractivity (Wildman–Crippen MR) is 241 cm³/mol. The summed E-state index contributed by atoms with van der Waals surface area (Å²) in [6.45, 7) is 21.7. The zero-order valence-corrected chi connectivity index (χ0v) is 40.0. The van der Waals surface area contributed by atoms with E-state index >= 15 is 0 Å². The minimum atomic E-state index is -1.32. The van der Waals surface area contributed by atoms with E-state index in [-0.39, 0.29) is 60.3 Å². The Morgan fingerprint density at radius 3 is 2.10 bits per heavy atom. The standard InChI is InChI=1S/C47H82N6O8/c1-15-32(4)40(52(12)43(57)39(31(2)3)50-44(58)47(10,11)51-37(54)24-26-46(8,9)61-30-45(6,7)48)36(59-13)29-38(55)53-28-20-23-35(53)41(60-14)33(5)42(56)49-27-25-34-21-18-16-17-19-22-34/h16-19,21-22,31-36,39-41H,15,20,23-30,48H2,1-14H3,(H,49,56)(H,50,58)(H,51,54)/t32-,33+,35-,36+,39-,40-,41+/m0/s1. The second-order valence-corrected chi connectivity index (χ2v) is 19.4. The number of nitrogens with one attached hydrogen (secondary N) is 3. The molecule has 0 unspecified atom stereocenters. The van der Waals surface area contributed by atoms with Crippen LogP contribution in [0.25, 0.3) is 0 Å². The molecule has 0 aromatic carbocycles. The van der Waals surface area contributed by atoms with Crippen LogP contribution in [0.5, 0.6) is 0 Å². The Morgan fingerprint density at radius 1 is 0.934 bits per heavy atom. The maximum absolute atomic E-state index is 14.4. The number of likely N-dealkylation sites (tertiary alicyclic amines) is 1. The molecule has 2 rings (SSSR count). The average molecular weight is 859 g/mol. The van der Waals surface area contributed by atoms with Crippen molar-refractivity contribution < 1.29 is 38.2 Å². The van der Waals surface area contributed by atoms with Gasteiger partial charge >= 0.3 is 0 Å². The average Bonchev–Trinajstić information content (AvgIpc) is 3.53. The van der Waals surface area contributed by atoms with Crippen LogP contribution in [0.15, 0.2) is 36.5 Å². The summed E-state index contributed by atoms with van der Waals surface area (Å²) in [6.07, 6.45) is 14.5. The molecule has 0 radical (unpaired) electrons. The van der Waals surface area contributed by atoms with Crippen molar-refractivity contribution >= 4 is 29.5 Å². The van der Waals surface area contributed by atoms with E-state index in [4.69, 9.17) is 19.9 Å². The molecular formula is C47H82N6O8. The SMILES string of the molecule is CC[C@H](C)[C@@H]([C@@H](CC(=O)N1CCC[C@H]1[C@H](OC)[C@@H](C)C(=O)NCCC1C=CC=CC=C1)OC)N(C)C(=O)[C@@H](NC(=O)C(C)(C)NC(=O)CCC(C)(C)OCC(C)(C)N)C(C)C. The van der Waals surface area contributed by atoms with Crippen molar-refractivity contribution in [1.82, 2.24) is 25.8 Å². The van der Waals surface area contributed by atoms with Gasteiger partial charge in [0.25, 0.3) is 0 Å². The van der Waals surface area contributed by atoms with Crippen molar-refractivity contribution in [2.75, 3.05) is 41.0 Å². The summed E-state index contributed by atoms with van der Waals surface area (Å²) in [6, 6.07) is -1.73. The van der Waals surface area contributed by atoms with Gasteiger partial charge < -0.3 is 45.7 Å². The van der Waals surface area contributed by atoms with Gasteiger partial charge in [-0.25, -0.2) is 0 Å². The first kappa shape index (κ1) is 53.5. The Labute approximate surface area is 367 Å². The van der Waals surface area contributed by atoms with E-state index in [0.717, 1.165) is 12.8 Å². The van der Waals surface area contributed by atoms with Gasteiger partial charge in [-0.05, 0) is 85.0 Å². The summed E-state index contributed by atoms with van der Waals surface area (Å²) >= 11 is 0. The second-order valence-electron chi connectivity index (χ2n) is 19.4. The van der Waals surface area contributed by atoms with E-state index < -0.39 is 52.8 Å². The fourth-order valence-corrected chi connectivity index (χ4v) is 8.02. The number of likely N-dealkylation sites (N-methyl/N-ethyl adjacent to an activating group) is 1. The predicted octanol–water partition coefficient (Wildman–Crippen LogP) is 5.06. The fourth-order valence-electron chi connectivity index (χ4n) is 8.02. The van der Waals surface area contributed by atoms with E-state index in [2.05, 4.69) is 28.1 Å². The number of ether oxygens (including phenoxy) is 3. The largest absolute Gasteiger partial charge is 0.379 e. The minimum absolute atomic E-state index is 0.0114. The number of carbonyl (C=O) groups excluding carboxylic acids is 5. The summed E-state index contributed by atoms with van der Waals surface area (Å²) in [5, 5.41) is 8.84. The number of nitrogens with zero attached hydrogens (tertiary/aromatic N) is 2. The highest BCUT2D eigenvalue weighted by Crippen LogP contribution is 2.30. The van der Waals surface area contributed by atoms with Gasteiger partial charge in [-0.3, -0.25) is 24.0 Å². The topological polar surface area (TPSA) is 182 Å². The first-order chi connectivity index (χ1) is 28.4. The Bertz CT molecular complexity index is 1520. The third-order valence-electron chi connectivity index (χ3n) is 12.1. The van der Waals surface area contributed by atoms with Crippen LogP contribution < -0.4 is 21.7 Å². The number of amides is 5. The zero-order valence-electron chi connectivity index (χ0n) is 40.0. The van der Waals surface area contributed by atoms with Crippen molar-refractivity contribution in [1.29, 1.82) is 0 Å². The normalized spacial score (nSPS) is 19.1. The van der Waals surface area contributed by atoms with E-state index in [1.165, 1.54) is 0 Å². The van der Waals surface area contributed by atoms with Crippen LogP contribution in [0.2, 0.25) is 0 Å². The highest BCUT2D eigenvalue weighted by Gasteiger charge is 2.43. The molecule has 61 heavy (non-hydrogen) atoms. The minimum Gasteiger partial charge on any atom is -0.379 e. The Balaban J connectivity index is 2.16. The number of allylic oxidation sites excluding steroid dienone is 6. The zero-order chi connectivity index (χ0) is 46.3. The van der Waals surface area contributed by atoms with E-state index in [9.17, 15) is 24.0 Å². The molecule has 1 aliphatic carbocycles. The summed E-state index contributed by atoms with van der Waals surface area (Å²) in [4.78, 5) is 72.3. The van der Waals surface area contributed by atoms with Crippen molar-refractivity contribution in [3.8, 4) is 0 Å². The number of methoxy groups -OCH3 is 2. The molecule has 1 aliphatic heterocycles. The van der Waals surface area contributed by atoms with Crippen LogP contribution in [0.3, 0.4) is 0 Å². The lowest BCUT2D eigenvalue weighted by Crippen LogP contribution is -2.62. The maximum Gasteiger partial charge on any atom is 0.245 e. The quantitative estimate of drug-likeness (QED) is 0.0976. The third kappa shape index (κ3) is 16.9. The Kier molecular flexibility index (Phi) is 21.3. The molecule has 14 heteroatoms. The summed E-state index contributed by atoms with van der Waals surface area (Å²) in [7, 11) is 4.83. The molecule has 0 spiro atoms. The number of rotatable bonds is 25. The summed E-state index contributed by atoms with van der Waals surface area (Å²) < 4.78 is 17.9. The highest BCUT2D eigenvalue weighted by atomic mass is 16.5. The summed E-state index contributed by atoms with van der Waals surface area (Å²) in [5.74, 6) is -2.02. The molecule has 7 atom stereocenters. The smallest absolute Gasteiger partial charge is 0.245 e. The van der Waals surface area contributed by atoms with Gasteiger partial charge in [0.2, 0.25) is 29.5 Å². The molecular weight excluding hydrogens is 777 g/mol. The molecule has 14 nitrogen and oxygen atoms in total. The molecule has 0 aromatic heterocycles. The van der Waals surface area contributed by atoms with Crippen LogP contribution in [0.4, 0.5) is 0 Å². The van der Waals surface area contributed by atoms with Crippen molar-refractivity contribution in [3.05, 3.63) is 36.5 Å². The van der Waals surface area contributed by atoms with Gasteiger partial charge in [0.1, 0.15) is 11.6 Å². The van der Waals surface area contributed by atoms with Gasteiger partial charge in [0.05, 0.1) is 48.8 Å². The maximum atomic E-state index is 14.4. The lowest BCUT2D eigenvalue weighted by Gasteiger charge is -2.41. The lowest BCUT2D eigenvalue weighted by atomic mass is 9.89. The second kappa shape index (κ2) is 24.3. The molecule has 2 aliphatic rings. The molecule has 5 amide bonds. The van der Waals surface area contributed by atoms with E-state index in [1.807, 2.05) is 91.5 Å². The third-order valence-corrected chi connectivity index (χ3v) is 12.1. The van der Waals surface area contributed by atoms with Crippen LogP contribution in [0.1, 0.15) is 121 Å². The number of hydrogen-bond donors (Lipinski definition) is 4. The van der Waals surface area contributed by atoms with Crippen molar-refractivity contribution in [3.63, 3.8) is 0 Å². The van der Waals surface area contributed by atoms with Gasteiger partial charge in [0, 0.05) is 46.3 Å². The molecule has 1 fully saturated rings. The van der Waals surface area contributed by atoms with Gasteiger partial charge in [0.15, 0.2) is 0 Å². The van der Waals surface area contributed by atoms with Gasteiger partial charge in [-0.15, -0.1) is 0 Å². The molecule has 0 saturated carbocycles. The van der Waals surface area contributed by atoms with E-state index in [0.29, 0.717) is 39.0 Å². The molecule has 0 aromatic rings. The Morgan fingerprint density at radius 2 is 1.56 bits per heavy atom. The monoisotopic (exact) mass is 859 g/mol. The number of nitrogens with two attached hydrogens (primary N) is 1. The molecule has 5 N–H and O–H groups in total. The lowest BCUT2D eigenvalue weighted by molar-refractivity contribution is -0.148. The van der Waals surface area contributed by atoms with Crippen LogP contribution >= 0.6 is 0 Å². The first-order valence-electron chi connectivity index (χ1n) is 22.4. The van der Waals surface area contributed by atoms with Crippen molar-refractivity contribution in [2.24, 2.45) is 29.4 Å². The van der Waals surface area contributed by atoms with Crippen LogP contribution in [-0.2, 0) is 38.2 Å². The van der Waals surface area contributed by atoms with Crippen molar-refractivity contribution in [2.45, 2.75) is 168 Å². The van der Waals surface area contributed by atoms with E-state index in [1.54, 1.807) is 40.0 Å². The highest BCUT2D eigenvalue weighted by molar-refractivity contribution is 5.94. The van der Waals surface area contributed by atoms with Crippen LogP contribution in [-0.4, -0.2) is 127 Å². The van der Waals surface area contributed by atoms with Gasteiger partial charge in [-0.2, -0.15) is 0 Å². The summed E-state index contributed by atoms with van der Waals surface area (Å²) in [5.41, 5.74) is 3.63. The fraction of sp³-hybridized carbons (Fsp3) is 0.766. The molecule has 348 valence electrons. The molecule has 0 bridgehead atoms. The number of carbonyl (C=O) groups is 5. The van der Waals surface area contributed by atoms with Crippen LogP contribution in [0, 0.1) is 23.7 Å². The number of hydrogen-bond acceptors (Lipinski definition) is 9. The Hall–Kier alpha value is -3.59.